The molecule has 0 spiro atoms. The molecular formula is C22H30O3. The molecule has 1 N–H and O–H groups in total. The number of methoxy groups -OCH3 is 1. The highest BCUT2D eigenvalue weighted by Crippen LogP contribution is 2.66. The van der Waals surface area contributed by atoms with E-state index in [0.717, 1.165) is 38.5 Å². The number of fused-ring (bicyclic) bond motifs is 5. The molecular weight excluding hydrogens is 312 g/mol. The Morgan fingerprint density at radius 3 is 2.76 bits per heavy atom. The first-order valence-corrected chi connectivity index (χ1v) is 9.66. The lowest BCUT2D eigenvalue weighted by molar-refractivity contribution is -0.115. The number of ether oxygens (including phenoxy) is 1. The zero-order chi connectivity index (χ0) is 18.0. The van der Waals surface area contributed by atoms with Crippen molar-refractivity contribution in [1.82, 2.24) is 0 Å². The van der Waals surface area contributed by atoms with Crippen molar-refractivity contribution in [2.45, 2.75) is 64.4 Å². The van der Waals surface area contributed by atoms with E-state index in [2.05, 4.69) is 26.5 Å². The Hall–Kier alpha value is -1.35. The Kier molecular flexibility index (Phi) is 3.64. The van der Waals surface area contributed by atoms with Crippen LogP contribution in [0.3, 0.4) is 0 Å². The van der Waals surface area contributed by atoms with Crippen molar-refractivity contribution in [3.8, 4) is 0 Å². The molecule has 0 aromatic rings. The van der Waals surface area contributed by atoms with Gasteiger partial charge < -0.3 is 9.84 Å². The van der Waals surface area contributed by atoms with E-state index in [9.17, 15) is 9.90 Å². The Morgan fingerprint density at radius 2 is 2.04 bits per heavy atom. The van der Waals surface area contributed by atoms with Crippen LogP contribution < -0.4 is 0 Å². The van der Waals surface area contributed by atoms with Crippen LogP contribution in [0.4, 0.5) is 0 Å². The summed E-state index contributed by atoms with van der Waals surface area (Å²) in [6.07, 6.45) is 10.6. The van der Waals surface area contributed by atoms with Crippen molar-refractivity contribution >= 4 is 5.78 Å². The molecule has 0 aromatic heterocycles. The molecule has 4 aliphatic rings. The monoisotopic (exact) mass is 342 g/mol. The third-order valence-corrected chi connectivity index (χ3v) is 8.20. The number of carbonyl (C=O) groups excluding carboxylic acids is 1. The van der Waals surface area contributed by atoms with Crippen LogP contribution in [0.15, 0.2) is 35.6 Å². The summed E-state index contributed by atoms with van der Waals surface area (Å²) < 4.78 is 5.39. The lowest BCUT2D eigenvalue weighted by Gasteiger charge is -2.54. The normalized spacial score (nSPS) is 45.7. The average molecular weight is 342 g/mol. The zero-order valence-electron chi connectivity index (χ0n) is 15.7. The molecule has 3 nitrogen and oxygen atoms in total. The van der Waals surface area contributed by atoms with Gasteiger partial charge in [0.05, 0.1) is 7.11 Å². The van der Waals surface area contributed by atoms with Gasteiger partial charge in [-0.1, -0.05) is 37.6 Å². The number of aliphatic hydroxyl groups is 1. The molecule has 0 saturated heterocycles. The number of rotatable bonds is 2. The molecule has 2 fully saturated rings. The third-order valence-electron chi connectivity index (χ3n) is 8.20. The summed E-state index contributed by atoms with van der Waals surface area (Å²) in [4.78, 5) is 11.9. The summed E-state index contributed by atoms with van der Waals surface area (Å²) in [5.41, 5.74) is 1.78. The Bertz CT molecular complexity index is 702. The maximum atomic E-state index is 11.9. The van der Waals surface area contributed by atoms with Gasteiger partial charge in [0.25, 0.3) is 0 Å². The molecule has 136 valence electrons. The Labute approximate surface area is 150 Å². The van der Waals surface area contributed by atoms with Gasteiger partial charge in [-0.25, -0.2) is 0 Å². The largest absolute Gasteiger partial charge is 0.499 e. The van der Waals surface area contributed by atoms with Crippen LogP contribution in [0.5, 0.6) is 0 Å². The minimum atomic E-state index is -0.937. The summed E-state index contributed by atoms with van der Waals surface area (Å²) in [7, 11) is 1.61. The molecule has 4 rings (SSSR count). The van der Waals surface area contributed by atoms with Crippen LogP contribution >= 0.6 is 0 Å². The number of hydrogen-bond acceptors (Lipinski definition) is 3. The van der Waals surface area contributed by atoms with Crippen LogP contribution in [0.1, 0.15) is 58.8 Å². The van der Waals surface area contributed by atoms with Gasteiger partial charge in [0.2, 0.25) is 0 Å². The fraction of sp³-hybridized carbons (Fsp3) is 0.682. The number of allylic oxidation sites excluding steroid dienone is 4. The fourth-order valence-electron chi connectivity index (χ4n) is 6.50. The Balaban J connectivity index is 1.75. The van der Waals surface area contributed by atoms with Crippen molar-refractivity contribution in [2.24, 2.45) is 22.7 Å². The minimum absolute atomic E-state index is 0.0527. The topological polar surface area (TPSA) is 46.5 Å². The summed E-state index contributed by atoms with van der Waals surface area (Å²) >= 11 is 0. The van der Waals surface area contributed by atoms with E-state index in [1.807, 2.05) is 6.08 Å². The van der Waals surface area contributed by atoms with E-state index in [-0.39, 0.29) is 10.8 Å². The fourth-order valence-corrected chi connectivity index (χ4v) is 6.50. The molecule has 4 aliphatic carbocycles. The molecule has 0 amide bonds. The SMILES string of the molecule is C=C(OC)[C@@]1(O)CCC2C3CCC4=CC(=O)CCC4(C)C3=CCC21C. The maximum absolute atomic E-state index is 11.9. The molecule has 3 heteroatoms. The minimum Gasteiger partial charge on any atom is -0.499 e. The molecule has 4 unspecified atom stereocenters. The smallest absolute Gasteiger partial charge is 0.155 e. The summed E-state index contributed by atoms with van der Waals surface area (Å²) in [6, 6.07) is 0. The van der Waals surface area contributed by atoms with E-state index >= 15 is 0 Å². The van der Waals surface area contributed by atoms with E-state index < -0.39 is 5.60 Å². The highest BCUT2D eigenvalue weighted by molar-refractivity contribution is 5.92. The van der Waals surface area contributed by atoms with Gasteiger partial charge in [0.15, 0.2) is 5.78 Å². The van der Waals surface area contributed by atoms with Crippen molar-refractivity contribution in [3.05, 3.63) is 35.6 Å². The van der Waals surface area contributed by atoms with Gasteiger partial charge in [-0.3, -0.25) is 4.79 Å². The first-order valence-electron chi connectivity index (χ1n) is 9.66. The predicted molar refractivity (Wildman–Crippen MR) is 97.8 cm³/mol. The number of carbonyl (C=O) groups is 1. The summed E-state index contributed by atoms with van der Waals surface area (Å²) in [5, 5.41) is 11.4. The number of ketones is 1. The molecule has 25 heavy (non-hydrogen) atoms. The lowest BCUT2D eigenvalue weighted by Crippen LogP contribution is -2.51. The van der Waals surface area contributed by atoms with Crippen molar-refractivity contribution < 1.29 is 14.6 Å². The maximum Gasteiger partial charge on any atom is 0.155 e. The van der Waals surface area contributed by atoms with Gasteiger partial charge in [-0.05, 0) is 56.4 Å². The van der Waals surface area contributed by atoms with Gasteiger partial charge in [-0.2, -0.15) is 0 Å². The molecule has 0 bridgehead atoms. The van der Waals surface area contributed by atoms with Gasteiger partial charge in [0, 0.05) is 17.3 Å². The second-order valence-electron chi connectivity index (χ2n) is 9.03. The third kappa shape index (κ3) is 2.05. The summed E-state index contributed by atoms with van der Waals surface area (Å²) in [5.74, 6) is 1.77. The quantitative estimate of drug-likeness (QED) is 0.600. The molecule has 5 atom stereocenters. The Morgan fingerprint density at radius 1 is 1.28 bits per heavy atom. The van der Waals surface area contributed by atoms with Gasteiger partial charge in [-0.15, -0.1) is 0 Å². The van der Waals surface area contributed by atoms with Crippen molar-refractivity contribution in [1.29, 1.82) is 0 Å². The standard InChI is InChI=1S/C22H30O3/c1-14(25-4)22(24)12-9-19-17-6-5-15-13-16(23)7-10-20(15,2)18(17)8-11-21(19,22)3/h8,13,17,19,24H,1,5-7,9-12H2,2-4H3/t17?,19?,20?,21?,22-/m0/s1. The lowest BCUT2D eigenvalue weighted by atomic mass is 9.50. The highest BCUT2D eigenvalue weighted by atomic mass is 16.5. The first kappa shape index (κ1) is 17.1. The molecule has 0 aromatic carbocycles. The van der Waals surface area contributed by atoms with Crippen LogP contribution in [0.2, 0.25) is 0 Å². The van der Waals surface area contributed by atoms with Gasteiger partial charge >= 0.3 is 0 Å². The molecule has 0 aliphatic heterocycles. The first-order chi connectivity index (χ1) is 11.8. The zero-order valence-corrected chi connectivity index (χ0v) is 15.7. The predicted octanol–water partition coefficient (Wildman–Crippen LogP) is 4.33. The average Bonchev–Trinajstić information content (AvgIpc) is 2.87. The van der Waals surface area contributed by atoms with Crippen molar-refractivity contribution in [2.75, 3.05) is 7.11 Å². The summed E-state index contributed by atoms with van der Waals surface area (Å²) in [6.45, 7) is 8.57. The highest BCUT2D eigenvalue weighted by Gasteiger charge is 2.63. The van der Waals surface area contributed by atoms with E-state index in [1.165, 1.54) is 11.1 Å². The van der Waals surface area contributed by atoms with E-state index in [1.54, 1.807) is 7.11 Å². The van der Waals surface area contributed by atoms with Crippen LogP contribution in [-0.4, -0.2) is 23.6 Å². The van der Waals surface area contributed by atoms with Crippen LogP contribution in [0, 0.1) is 22.7 Å². The molecule has 0 heterocycles. The second-order valence-corrected chi connectivity index (χ2v) is 9.03. The number of hydrogen-bond donors (Lipinski definition) is 1. The van der Waals surface area contributed by atoms with Gasteiger partial charge in [0.1, 0.15) is 11.4 Å². The van der Waals surface area contributed by atoms with Crippen LogP contribution in [-0.2, 0) is 9.53 Å². The molecule has 2 saturated carbocycles. The van der Waals surface area contributed by atoms with E-state index in [4.69, 9.17) is 4.74 Å². The second kappa shape index (κ2) is 5.33. The van der Waals surface area contributed by atoms with Crippen molar-refractivity contribution in [3.63, 3.8) is 0 Å². The van der Waals surface area contributed by atoms with Crippen LogP contribution in [0.25, 0.3) is 0 Å². The van der Waals surface area contributed by atoms with E-state index in [0.29, 0.717) is 29.8 Å². The molecule has 0 radical (unpaired) electrons.